The molecule has 0 saturated heterocycles. The molecule has 1 atom stereocenters. The zero-order valence-electron chi connectivity index (χ0n) is 11.4. The monoisotopic (exact) mass is 256 g/mol. The highest BCUT2D eigenvalue weighted by Gasteiger charge is 2.11. The minimum atomic E-state index is -0.154. The Bertz CT molecular complexity index is 494. The Hall–Kier alpha value is -1.87. The Labute approximate surface area is 114 Å². The normalized spacial score (nSPS) is 12.4. The van der Waals surface area contributed by atoms with E-state index in [4.69, 9.17) is 10.5 Å². The molecule has 2 rings (SSSR count). The Morgan fingerprint density at radius 3 is 2.37 bits per heavy atom. The van der Waals surface area contributed by atoms with Crippen LogP contribution in [0, 0.1) is 0 Å². The molecule has 0 saturated carbocycles. The smallest absolute Gasteiger partial charge is 0.137 e. The number of aromatic nitrogens is 1. The van der Waals surface area contributed by atoms with Gasteiger partial charge in [-0.05, 0) is 29.7 Å². The number of nitrogens with two attached hydrogens (primary N) is 1. The SMILES string of the molecule is CC(C)c1ccc(OC(CN)c2cccnc2)cc1. The van der Waals surface area contributed by atoms with Crippen molar-refractivity contribution < 1.29 is 4.74 Å². The molecule has 100 valence electrons. The molecule has 1 aromatic heterocycles. The van der Waals surface area contributed by atoms with Gasteiger partial charge in [-0.2, -0.15) is 0 Å². The second kappa shape index (κ2) is 6.34. The molecule has 0 spiro atoms. The molecular weight excluding hydrogens is 236 g/mol. The van der Waals surface area contributed by atoms with Crippen LogP contribution in [-0.4, -0.2) is 11.5 Å². The molecule has 0 aliphatic heterocycles. The highest BCUT2D eigenvalue weighted by Crippen LogP contribution is 2.23. The number of rotatable bonds is 5. The average Bonchev–Trinajstić information content (AvgIpc) is 2.46. The fourth-order valence-corrected chi connectivity index (χ4v) is 1.91. The predicted molar refractivity (Wildman–Crippen MR) is 77.2 cm³/mol. The first-order valence-corrected chi connectivity index (χ1v) is 6.57. The second-order valence-corrected chi connectivity index (χ2v) is 4.85. The van der Waals surface area contributed by atoms with Crippen LogP contribution in [0.5, 0.6) is 5.75 Å². The molecule has 0 bridgehead atoms. The van der Waals surface area contributed by atoms with E-state index < -0.39 is 0 Å². The third-order valence-corrected chi connectivity index (χ3v) is 3.10. The van der Waals surface area contributed by atoms with Crippen molar-refractivity contribution in [2.45, 2.75) is 25.9 Å². The molecule has 3 nitrogen and oxygen atoms in total. The summed E-state index contributed by atoms with van der Waals surface area (Å²) in [7, 11) is 0. The molecule has 19 heavy (non-hydrogen) atoms. The summed E-state index contributed by atoms with van der Waals surface area (Å²) in [5.74, 6) is 1.36. The van der Waals surface area contributed by atoms with Crippen molar-refractivity contribution in [2.24, 2.45) is 5.73 Å². The Kier molecular flexibility index (Phi) is 4.53. The summed E-state index contributed by atoms with van der Waals surface area (Å²) >= 11 is 0. The fourth-order valence-electron chi connectivity index (χ4n) is 1.91. The van der Waals surface area contributed by atoms with Crippen LogP contribution >= 0.6 is 0 Å². The number of ether oxygens (including phenoxy) is 1. The van der Waals surface area contributed by atoms with Crippen molar-refractivity contribution in [1.82, 2.24) is 4.98 Å². The molecule has 0 fully saturated rings. The quantitative estimate of drug-likeness (QED) is 0.893. The van der Waals surface area contributed by atoms with Gasteiger partial charge in [0.15, 0.2) is 0 Å². The molecule has 0 amide bonds. The van der Waals surface area contributed by atoms with E-state index in [0.717, 1.165) is 11.3 Å². The van der Waals surface area contributed by atoms with Crippen LogP contribution < -0.4 is 10.5 Å². The van der Waals surface area contributed by atoms with Crippen LogP contribution in [0.15, 0.2) is 48.8 Å². The number of pyridine rings is 1. The van der Waals surface area contributed by atoms with E-state index in [2.05, 4.69) is 31.0 Å². The largest absolute Gasteiger partial charge is 0.484 e. The number of nitrogens with zero attached hydrogens (tertiary/aromatic N) is 1. The number of hydrogen-bond acceptors (Lipinski definition) is 3. The lowest BCUT2D eigenvalue weighted by atomic mass is 10.0. The zero-order chi connectivity index (χ0) is 13.7. The summed E-state index contributed by atoms with van der Waals surface area (Å²) in [5, 5.41) is 0. The number of benzene rings is 1. The van der Waals surface area contributed by atoms with Gasteiger partial charge in [0.1, 0.15) is 11.9 Å². The lowest BCUT2D eigenvalue weighted by Crippen LogP contribution is -2.18. The van der Waals surface area contributed by atoms with E-state index in [0.29, 0.717) is 12.5 Å². The van der Waals surface area contributed by atoms with Gasteiger partial charge in [0.05, 0.1) is 0 Å². The van der Waals surface area contributed by atoms with E-state index in [1.165, 1.54) is 5.56 Å². The lowest BCUT2D eigenvalue weighted by molar-refractivity contribution is 0.214. The van der Waals surface area contributed by atoms with Gasteiger partial charge in [-0.15, -0.1) is 0 Å². The Morgan fingerprint density at radius 2 is 1.84 bits per heavy atom. The first kappa shape index (κ1) is 13.6. The predicted octanol–water partition coefficient (Wildman–Crippen LogP) is 3.28. The van der Waals surface area contributed by atoms with E-state index in [-0.39, 0.29) is 6.10 Å². The van der Waals surface area contributed by atoms with Crippen LogP contribution in [0.4, 0.5) is 0 Å². The van der Waals surface area contributed by atoms with Crippen molar-refractivity contribution in [3.05, 3.63) is 59.9 Å². The highest BCUT2D eigenvalue weighted by atomic mass is 16.5. The second-order valence-electron chi connectivity index (χ2n) is 4.85. The van der Waals surface area contributed by atoms with Gasteiger partial charge in [0.25, 0.3) is 0 Å². The zero-order valence-corrected chi connectivity index (χ0v) is 11.4. The summed E-state index contributed by atoms with van der Waals surface area (Å²) < 4.78 is 5.92. The molecule has 0 aliphatic carbocycles. The van der Waals surface area contributed by atoms with Crippen molar-refractivity contribution in [2.75, 3.05) is 6.54 Å². The third-order valence-electron chi connectivity index (χ3n) is 3.10. The average molecular weight is 256 g/mol. The van der Waals surface area contributed by atoms with Gasteiger partial charge in [-0.1, -0.05) is 32.0 Å². The van der Waals surface area contributed by atoms with Gasteiger partial charge >= 0.3 is 0 Å². The Morgan fingerprint density at radius 1 is 1.11 bits per heavy atom. The minimum absolute atomic E-state index is 0.154. The number of hydrogen-bond donors (Lipinski definition) is 1. The van der Waals surface area contributed by atoms with Gasteiger partial charge in [0.2, 0.25) is 0 Å². The minimum Gasteiger partial charge on any atom is -0.484 e. The fraction of sp³-hybridized carbons (Fsp3) is 0.312. The van der Waals surface area contributed by atoms with Crippen molar-refractivity contribution in [3.8, 4) is 5.75 Å². The maximum atomic E-state index is 5.92. The van der Waals surface area contributed by atoms with E-state index in [1.54, 1.807) is 12.4 Å². The molecule has 0 radical (unpaired) electrons. The van der Waals surface area contributed by atoms with Crippen LogP contribution in [0.2, 0.25) is 0 Å². The maximum absolute atomic E-state index is 5.92. The summed E-state index contributed by atoms with van der Waals surface area (Å²) in [6.07, 6.45) is 3.38. The Balaban J connectivity index is 2.10. The highest BCUT2D eigenvalue weighted by molar-refractivity contribution is 5.29. The van der Waals surface area contributed by atoms with Crippen molar-refractivity contribution in [3.63, 3.8) is 0 Å². The molecule has 1 heterocycles. The molecule has 1 unspecified atom stereocenters. The standard InChI is InChI=1S/C16H20N2O/c1-12(2)13-5-7-15(8-6-13)19-16(10-17)14-4-3-9-18-11-14/h3-9,11-12,16H,10,17H2,1-2H3. The van der Waals surface area contributed by atoms with Crippen LogP contribution in [0.1, 0.15) is 37.0 Å². The van der Waals surface area contributed by atoms with Gasteiger partial charge < -0.3 is 10.5 Å². The van der Waals surface area contributed by atoms with Crippen LogP contribution in [-0.2, 0) is 0 Å². The summed E-state index contributed by atoms with van der Waals surface area (Å²) in [4.78, 5) is 4.10. The third kappa shape index (κ3) is 3.55. The summed E-state index contributed by atoms with van der Waals surface area (Å²) in [5.41, 5.74) is 8.08. The molecule has 3 heteroatoms. The van der Waals surface area contributed by atoms with Gasteiger partial charge in [-0.3, -0.25) is 4.98 Å². The first-order valence-electron chi connectivity index (χ1n) is 6.57. The van der Waals surface area contributed by atoms with Crippen LogP contribution in [0.25, 0.3) is 0 Å². The van der Waals surface area contributed by atoms with Crippen molar-refractivity contribution in [1.29, 1.82) is 0 Å². The molecule has 2 N–H and O–H groups in total. The van der Waals surface area contributed by atoms with Gasteiger partial charge in [-0.25, -0.2) is 0 Å². The topological polar surface area (TPSA) is 48.1 Å². The van der Waals surface area contributed by atoms with E-state index in [1.807, 2.05) is 24.3 Å². The molecule has 1 aromatic carbocycles. The molecular formula is C16H20N2O. The maximum Gasteiger partial charge on any atom is 0.137 e. The van der Waals surface area contributed by atoms with Gasteiger partial charge in [0, 0.05) is 24.5 Å². The summed E-state index contributed by atoms with van der Waals surface area (Å²) in [6.45, 7) is 4.78. The van der Waals surface area contributed by atoms with Crippen LogP contribution in [0.3, 0.4) is 0 Å². The lowest BCUT2D eigenvalue weighted by Gasteiger charge is -2.18. The molecule has 2 aromatic rings. The van der Waals surface area contributed by atoms with E-state index in [9.17, 15) is 0 Å². The molecule has 0 aliphatic rings. The van der Waals surface area contributed by atoms with E-state index >= 15 is 0 Å². The first-order chi connectivity index (χ1) is 9.20. The summed E-state index contributed by atoms with van der Waals surface area (Å²) in [6, 6.07) is 12.0. The van der Waals surface area contributed by atoms with Crippen molar-refractivity contribution >= 4 is 0 Å².